The standard InChI is InChI=1S/C15H27NO4/c1-7-8-11-9-15(5,12(17)19-6)16(10-11)13(18)20-14(2,3)4/h11H,7-10H2,1-6H3/t11-,15+/m0/s1. The Morgan fingerprint density at radius 3 is 2.40 bits per heavy atom. The second kappa shape index (κ2) is 6.02. The Balaban J connectivity index is 2.94. The highest BCUT2D eigenvalue weighted by Crippen LogP contribution is 2.37. The van der Waals surface area contributed by atoms with E-state index in [0.29, 0.717) is 18.9 Å². The fraction of sp³-hybridized carbons (Fsp3) is 0.867. The molecule has 0 aromatic heterocycles. The first-order valence-electron chi connectivity index (χ1n) is 7.23. The average molecular weight is 285 g/mol. The molecule has 0 aromatic carbocycles. The average Bonchev–Trinajstić information content (AvgIpc) is 2.65. The van der Waals surface area contributed by atoms with Crippen molar-refractivity contribution in [2.45, 2.75) is 65.0 Å². The zero-order valence-electron chi connectivity index (χ0n) is 13.5. The van der Waals surface area contributed by atoms with E-state index in [9.17, 15) is 9.59 Å². The van der Waals surface area contributed by atoms with Crippen molar-refractivity contribution in [1.29, 1.82) is 0 Å². The lowest BCUT2D eigenvalue weighted by Gasteiger charge is -2.33. The summed E-state index contributed by atoms with van der Waals surface area (Å²) in [6, 6.07) is 0. The van der Waals surface area contributed by atoms with Crippen LogP contribution in [0, 0.1) is 5.92 Å². The van der Waals surface area contributed by atoms with Crippen molar-refractivity contribution in [2.24, 2.45) is 5.92 Å². The fourth-order valence-corrected chi connectivity index (χ4v) is 2.80. The number of hydrogen-bond donors (Lipinski definition) is 0. The monoisotopic (exact) mass is 285 g/mol. The van der Waals surface area contributed by atoms with Crippen LogP contribution in [-0.4, -0.2) is 41.8 Å². The highest BCUT2D eigenvalue weighted by atomic mass is 16.6. The minimum absolute atomic E-state index is 0.316. The van der Waals surface area contributed by atoms with Crippen molar-refractivity contribution in [3.8, 4) is 0 Å². The molecular weight excluding hydrogens is 258 g/mol. The van der Waals surface area contributed by atoms with Crippen molar-refractivity contribution in [3.63, 3.8) is 0 Å². The van der Waals surface area contributed by atoms with E-state index in [1.807, 2.05) is 20.8 Å². The van der Waals surface area contributed by atoms with Crippen LogP contribution in [0.4, 0.5) is 4.79 Å². The first kappa shape index (κ1) is 16.8. The normalized spacial score (nSPS) is 26.5. The maximum Gasteiger partial charge on any atom is 0.411 e. The number of esters is 1. The van der Waals surface area contributed by atoms with Gasteiger partial charge in [0.15, 0.2) is 0 Å². The summed E-state index contributed by atoms with van der Waals surface area (Å²) in [6.07, 6.45) is 2.21. The quantitative estimate of drug-likeness (QED) is 0.748. The number of ether oxygens (including phenoxy) is 2. The summed E-state index contributed by atoms with van der Waals surface area (Å²) in [5.74, 6) is -0.0569. The molecule has 1 saturated heterocycles. The molecule has 0 unspecified atom stereocenters. The van der Waals surface area contributed by atoms with E-state index in [4.69, 9.17) is 9.47 Å². The first-order valence-corrected chi connectivity index (χ1v) is 7.23. The minimum atomic E-state index is -0.920. The predicted octanol–water partition coefficient (Wildman–Crippen LogP) is 2.98. The van der Waals surface area contributed by atoms with E-state index < -0.39 is 17.2 Å². The number of rotatable bonds is 3. The van der Waals surface area contributed by atoms with E-state index in [1.54, 1.807) is 6.92 Å². The van der Waals surface area contributed by atoms with Gasteiger partial charge in [-0.05, 0) is 46.5 Å². The van der Waals surface area contributed by atoms with E-state index in [0.717, 1.165) is 12.8 Å². The van der Waals surface area contributed by atoms with Gasteiger partial charge in [0.2, 0.25) is 0 Å². The second-order valence-corrected chi connectivity index (χ2v) is 6.72. The number of hydrogen-bond acceptors (Lipinski definition) is 4. The highest BCUT2D eigenvalue weighted by Gasteiger charge is 2.51. The molecule has 0 saturated carbocycles. The predicted molar refractivity (Wildman–Crippen MR) is 76.4 cm³/mol. The Kier molecular flexibility index (Phi) is 5.05. The Labute approximate surface area is 121 Å². The molecule has 20 heavy (non-hydrogen) atoms. The van der Waals surface area contributed by atoms with E-state index in [1.165, 1.54) is 12.0 Å². The molecule has 0 aliphatic carbocycles. The third kappa shape index (κ3) is 3.64. The van der Waals surface area contributed by atoms with Gasteiger partial charge in [0.05, 0.1) is 7.11 Å². The Morgan fingerprint density at radius 2 is 1.95 bits per heavy atom. The lowest BCUT2D eigenvalue weighted by molar-refractivity contribution is -0.152. The number of likely N-dealkylation sites (tertiary alicyclic amines) is 1. The summed E-state index contributed by atoms with van der Waals surface area (Å²) in [5, 5.41) is 0. The van der Waals surface area contributed by atoms with Crippen molar-refractivity contribution in [3.05, 3.63) is 0 Å². The van der Waals surface area contributed by atoms with Crippen LogP contribution in [0.1, 0.15) is 53.9 Å². The summed E-state index contributed by atoms with van der Waals surface area (Å²) < 4.78 is 10.3. The molecule has 5 heteroatoms. The second-order valence-electron chi connectivity index (χ2n) is 6.72. The lowest BCUT2D eigenvalue weighted by atomic mass is 9.92. The number of methoxy groups -OCH3 is 1. The van der Waals surface area contributed by atoms with Crippen LogP contribution in [0.3, 0.4) is 0 Å². The van der Waals surface area contributed by atoms with Crippen LogP contribution < -0.4 is 0 Å². The maximum absolute atomic E-state index is 12.3. The van der Waals surface area contributed by atoms with Crippen LogP contribution in [-0.2, 0) is 14.3 Å². The van der Waals surface area contributed by atoms with Crippen LogP contribution in [0.2, 0.25) is 0 Å². The van der Waals surface area contributed by atoms with Gasteiger partial charge in [-0.15, -0.1) is 0 Å². The summed E-state index contributed by atoms with van der Waals surface area (Å²) in [6.45, 7) is 9.87. The van der Waals surface area contributed by atoms with Crippen LogP contribution in [0.5, 0.6) is 0 Å². The molecule has 116 valence electrons. The van der Waals surface area contributed by atoms with Crippen LogP contribution >= 0.6 is 0 Å². The lowest BCUT2D eigenvalue weighted by Crippen LogP contribution is -2.52. The Morgan fingerprint density at radius 1 is 1.35 bits per heavy atom. The molecule has 1 amide bonds. The Hall–Kier alpha value is -1.26. The van der Waals surface area contributed by atoms with Crippen LogP contribution in [0.25, 0.3) is 0 Å². The maximum atomic E-state index is 12.3. The number of amides is 1. The molecule has 0 radical (unpaired) electrons. The van der Waals surface area contributed by atoms with Gasteiger partial charge in [-0.3, -0.25) is 4.90 Å². The number of nitrogens with zero attached hydrogens (tertiary/aromatic N) is 1. The molecule has 1 heterocycles. The molecule has 0 bridgehead atoms. The topological polar surface area (TPSA) is 55.8 Å². The van der Waals surface area contributed by atoms with Gasteiger partial charge in [-0.25, -0.2) is 9.59 Å². The smallest absolute Gasteiger partial charge is 0.411 e. The third-order valence-electron chi connectivity index (χ3n) is 3.66. The molecule has 0 aromatic rings. The molecule has 5 nitrogen and oxygen atoms in total. The van der Waals surface area contributed by atoms with Gasteiger partial charge < -0.3 is 9.47 Å². The summed E-state index contributed by atoms with van der Waals surface area (Å²) in [7, 11) is 1.36. The summed E-state index contributed by atoms with van der Waals surface area (Å²) in [5.41, 5.74) is -1.49. The zero-order valence-corrected chi connectivity index (χ0v) is 13.5. The minimum Gasteiger partial charge on any atom is -0.467 e. The number of carbonyl (C=O) groups excluding carboxylic acids is 2. The SMILES string of the molecule is CCC[C@@H]1CN(C(=O)OC(C)(C)C)[C@@](C)(C(=O)OC)C1. The zero-order chi connectivity index (χ0) is 15.6. The fourth-order valence-electron chi connectivity index (χ4n) is 2.80. The van der Waals surface area contributed by atoms with Gasteiger partial charge in [0.1, 0.15) is 11.1 Å². The molecule has 2 atom stereocenters. The van der Waals surface area contributed by atoms with Crippen molar-refractivity contribution in [2.75, 3.05) is 13.7 Å². The summed E-state index contributed by atoms with van der Waals surface area (Å²) in [4.78, 5) is 26.0. The van der Waals surface area contributed by atoms with E-state index in [2.05, 4.69) is 6.92 Å². The van der Waals surface area contributed by atoms with Crippen molar-refractivity contribution < 1.29 is 19.1 Å². The first-order chi connectivity index (χ1) is 9.14. The van der Waals surface area contributed by atoms with Crippen molar-refractivity contribution >= 4 is 12.1 Å². The number of carbonyl (C=O) groups is 2. The Bertz CT molecular complexity index is 375. The summed E-state index contributed by atoms with van der Waals surface area (Å²) >= 11 is 0. The van der Waals surface area contributed by atoms with Gasteiger partial charge in [-0.2, -0.15) is 0 Å². The van der Waals surface area contributed by atoms with Crippen LogP contribution in [0.15, 0.2) is 0 Å². The van der Waals surface area contributed by atoms with Gasteiger partial charge >= 0.3 is 12.1 Å². The third-order valence-corrected chi connectivity index (χ3v) is 3.66. The highest BCUT2D eigenvalue weighted by molar-refractivity contribution is 5.86. The molecule has 0 N–H and O–H groups in total. The van der Waals surface area contributed by atoms with Gasteiger partial charge in [0.25, 0.3) is 0 Å². The van der Waals surface area contributed by atoms with Gasteiger partial charge in [0, 0.05) is 6.54 Å². The molecule has 1 aliphatic rings. The van der Waals surface area contributed by atoms with E-state index >= 15 is 0 Å². The molecule has 1 rings (SSSR count). The molecule has 1 fully saturated rings. The largest absolute Gasteiger partial charge is 0.467 e. The molecule has 0 spiro atoms. The van der Waals surface area contributed by atoms with Crippen molar-refractivity contribution in [1.82, 2.24) is 4.90 Å². The molecular formula is C15H27NO4. The van der Waals surface area contributed by atoms with Gasteiger partial charge in [-0.1, -0.05) is 13.3 Å². The molecule has 1 aliphatic heterocycles. The van der Waals surface area contributed by atoms with E-state index in [-0.39, 0.29) is 5.97 Å².